The van der Waals surface area contributed by atoms with Crippen LogP contribution in [0.3, 0.4) is 0 Å². The number of amides is 1. The van der Waals surface area contributed by atoms with Crippen LogP contribution in [0.15, 0.2) is 59.5 Å². The molecule has 1 unspecified atom stereocenters. The van der Waals surface area contributed by atoms with Crippen LogP contribution in [0.2, 0.25) is 0 Å². The molecule has 3 heterocycles. The van der Waals surface area contributed by atoms with E-state index < -0.39 is 0 Å². The van der Waals surface area contributed by atoms with E-state index in [2.05, 4.69) is 16.4 Å². The fraction of sp³-hybridized carbons (Fsp3) is 0.379. The molecule has 1 saturated heterocycles. The van der Waals surface area contributed by atoms with E-state index >= 15 is 0 Å². The SMILES string of the molecule is CCC1Cc2cc(OCc3ccccc3)c(OC)cc2-c2cc(=O)c(C(=O)N3CCN(C)CC3)cn21. The Morgan fingerprint density at radius 2 is 1.78 bits per heavy atom. The predicted molar refractivity (Wildman–Crippen MR) is 140 cm³/mol. The molecule has 2 aliphatic heterocycles. The summed E-state index contributed by atoms with van der Waals surface area (Å²) in [6.07, 6.45) is 3.45. The van der Waals surface area contributed by atoms with Crippen LogP contribution < -0.4 is 14.9 Å². The number of ether oxygens (including phenoxy) is 2. The van der Waals surface area contributed by atoms with E-state index in [0.717, 1.165) is 48.3 Å². The van der Waals surface area contributed by atoms with Gasteiger partial charge in [0.2, 0.25) is 0 Å². The first-order valence-electron chi connectivity index (χ1n) is 12.6. The molecule has 3 aromatic rings. The summed E-state index contributed by atoms with van der Waals surface area (Å²) in [5.41, 5.74) is 3.97. The maximum atomic E-state index is 13.2. The molecule has 1 atom stereocenters. The van der Waals surface area contributed by atoms with Crippen molar-refractivity contribution in [3.8, 4) is 22.8 Å². The van der Waals surface area contributed by atoms with E-state index in [4.69, 9.17) is 9.47 Å². The summed E-state index contributed by atoms with van der Waals surface area (Å²) in [6, 6.07) is 15.8. The molecule has 0 N–H and O–H groups in total. The van der Waals surface area contributed by atoms with E-state index in [1.807, 2.05) is 49.5 Å². The lowest BCUT2D eigenvalue weighted by molar-refractivity contribution is 0.0661. The number of benzene rings is 2. The summed E-state index contributed by atoms with van der Waals surface area (Å²) < 4.78 is 13.9. The lowest BCUT2D eigenvalue weighted by Crippen LogP contribution is -2.48. The number of aromatic nitrogens is 1. The molecular weight excluding hydrogens is 454 g/mol. The molecule has 5 rings (SSSR count). The number of carbonyl (C=O) groups is 1. The number of pyridine rings is 1. The van der Waals surface area contributed by atoms with Gasteiger partial charge in [-0.15, -0.1) is 0 Å². The predicted octanol–water partition coefficient (Wildman–Crippen LogP) is 4.00. The minimum Gasteiger partial charge on any atom is -0.493 e. The monoisotopic (exact) mass is 487 g/mol. The quantitative estimate of drug-likeness (QED) is 0.526. The largest absolute Gasteiger partial charge is 0.493 e. The third kappa shape index (κ3) is 4.63. The molecule has 0 saturated carbocycles. The van der Waals surface area contributed by atoms with Crippen molar-refractivity contribution in [3.63, 3.8) is 0 Å². The number of methoxy groups -OCH3 is 1. The third-order valence-corrected chi connectivity index (χ3v) is 7.32. The van der Waals surface area contributed by atoms with E-state index in [1.54, 1.807) is 24.3 Å². The first-order chi connectivity index (χ1) is 17.5. The molecule has 0 aliphatic carbocycles. The van der Waals surface area contributed by atoms with Gasteiger partial charge in [-0.25, -0.2) is 0 Å². The van der Waals surface area contributed by atoms with Gasteiger partial charge in [0.05, 0.1) is 12.8 Å². The number of carbonyl (C=O) groups excluding carboxylic acids is 1. The summed E-state index contributed by atoms with van der Waals surface area (Å²) in [5, 5.41) is 0. The van der Waals surface area contributed by atoms with E-state index in [1.165, 1.54) is 0 Å². The second-order valence-electron chi connectivity index (χ2n) is 9.64. The lowest BCUT2D eigenvalue weighted by atomic mass is 9.90. The van der Waals surface area contributed by atoms with Crippen LogP contribution in [-0.4, -0.2) is 60.6 Å². The van der Waals surface area contributed by atoms with Gasteiger partial charge < -0.3 is 23.8 Å². The van der Waals surface area contributed by atoms with Crippen molar-refractivity contribution in [3.05, 3.63) is 81.6 Å². The molecule has 7 nitrogen and oxygen atoms in total. The second kappa shape index (κ2) is 10.2. The highest BCUT2D eigenvalue weighted by atomic mass is 16.5. The van der Waals surface area contributed by atoms with Gasteiger partial charge in [-0.3, -0.25) is 9.59 Å². The number of fused-ring (bicyclic) bond motifs is 3. The second-order valence-corrected chi connectivity index (χ2v) is 9.64. The van der Waals surface area contributed by atoms with Gasteiger partial charge in [0.25, 0.3) is 5.91 Å². The number of likely N-dealkylation sites (N-methyl/N-ethyl adjacent to an activating group) is 1. The van der Waals surface area contributed by atoms with Crippen LogP contribution in [-0.2, 0) is 13.0 Å². The average Bonchev–Trinajstić information content (AvgIpc) is 2.91. The highest BCUT2D eigenvalue weighted by molar-refractivity contribution is 5.94. The van der Waals surface area contributed by atoms with E-state index in [0.29, 0.717) is 31.2 Å². The summed E-state index contributed by atoms with van der Waals surface area (Å²) >= 11 is 0. The molecule has 188 valence electrons. The van der Waals surface area contributed by atoms with E-state index in [9.17, 15) is 9.59 Å². The van der Waals surface area contributed by atoms with Crippen LogP contribution in [0, 0.1) is 0 Å². The number of hydrogen-bond donors (Lipinski definition) is 0. The number of nitrogens with zero attached hydrogens (tertiary/aromatic N) is 3. The first-order valence-corrected chi connectivity index (χ1v) is 12.6. The van der Waals surface area contributed by atoms with Crippen molar-refractivity contribution in [2.75, 3.05) is 40.3 Å². The maximum absolute atomic E-state index is 13.2. The first kappa shape index (κ1) is 24.1. The summed E-state index contributed by atoms with van der Waals surface area (Å²) in [4.78, 5) is 30.4. The van der Waals surface area contributed by atoms with Crippen molar-refractivity contribution < 1.29 is 14.3 Å². The van der Waals surface area contributed by atoms with Crippen LogP contribution in [0.1, 0.15) is 40.9 Å². The Balaban J connectivity index is 1.50. The number of hydrogen-bond acceptors (Lipinski definition) is 5. The highest BCUT2D eigenvalue weighted by Crippen LogP contribution is 2.42. The summed E-state index contributed by atoms with van der Waals surface area (Å²) in [6.45, 7) is 5.49. The van der Waals surface area contributed by atoms with E-state index in [-0.39, 0.29) is 22.9 Å². The fourth-order valence-corrected chi connectivity index (χ4v) is 5.12. The molecule has 0 bridgehead atoms. The number of rotatable bonds is 6. The molecule has 1 amide bonds. The smallest absolute Gasteiger partial charge is 0.259 e. The van der Waals surface area contributed by atoms with Gasteiger partial charge in [-0.2, -0.15) is 0 Å². The van der Waals surface area contributed by atoms with Crippen molar-refractivity contribution in [2.24, 2.45) is 0 Å². The Kier molecular flexibility index (Phi) is 6.83. The highest BCUT2D eigenvalue weighted by Gasteiger charge is 2.29. The Bertz CT molecular complexity index is 1310. The Hall–Kier alpha value is -3.58. The minimum atomic E-state index is -0.240. The zero-order valence-electron chi connectivity index (χ0n) is 21.2. The van der Waals surface area contributed by atoms with Crippen LogP contribution >= 0.6 is 0 Å². The summed E-state index contributed by atoms with van der Waals surface area (Å²) in [7, 11) is 3.67. The van der Waals surface area contributed by atoms with Gasteiger partial charge in [0.1, 0.15) is 12.2 Å². The third-order valence-electron chi connectivity index (χ3n) is 7.32. The van der Waals surface area contributed by atoms with Crippen LogP contribution in [0.25, 0.3) is 11.3 Å². The van der Waals surface area contributed by atoms with Crippen molar-refractivity contribution >= 4 is 5.91 Å². The Labute approximate surface area is 211 Å². The van der Waals surface area contributed by atoms with Crippen molar-refractivity contribution in [1.29, 1.82) is 0 Å². The minimum absolute atomic E-state index is 0.141. The van der Waals surface area contributed by atoms with Gasteiger partial charge in [0.15, 0.2) is 16.9 Å². The molecule has 7 heteroatoms. The standard InChI is InChI=1S/C29H33N3O4/c1-4-22-14-21-15-28(36-19-20-8-6-5-7-9-20)27(35-3)16-23(21)25-17-26(33)24(18-32(22)25)29(34)31-12-10-30(2)11-13-31/h5-9,15-18,22H,4,10-14,19H2,1-3H3. The van der Waals surface area contributed by atoms with Crippen LogP contribution in [0.4, 0.5) is 0 Å². The number of piperazine rings is 1. The normalized spacial score (nSPS) is 17.3. The molecule has 1 fully saturated rings. The van der Waals surface area contributed by atoms with Crippen molar-refractivity contribution in [1.82, 2.24) is 14.4 Å². The zero-order chi connectivity index (χ0) is 25.2. The van der Waals surface area contributed by atoms with Crippen molar-refractivity contribution in [2.45, 2.75) is 32.4 Å². The van der Waals surface area contributed by atoms with Gasteiger partial charge in [-0.05, 0) is 43.1 Å². The molecule has 0 radical (unpaired) electrons. The Morgan fingerprint density at radius 1 is 1.03 bits per heavy atom. The molecule has 2 aliphatic rings. The molecule has 0 spiro atoms. The van der Waals surface area contributed by atoms with Gasteiger partial charge >= 0.3 is 0 Å². The lowest BCUT2D eigenvalue weighted by Gasteiger charge is -2.33. The molecular formula is C29H33N3O4. The van der Waals surface area contributed by atoms with Gasteiger partial charge in [0, 0.05) is 50.0 Å². The topological polar surface area (TPSA) is 64.0 Å². The zero-order valence-corrected chi connectivity index (χ0v) is 21.2. The average molecular weight is 488 g/mol. The maximum Gasteiger partial charge on any atom is 0.259 e. The molecule has 2 aromatic carbocycles. The summed E-state index contributed by atoms with van der Waals surface area (Å²) in [5.74, 6) is 1.13. The fourth-order valence-electron chi connectivity index (χ4n) is 5.12. The van der Waals surface area contributed by atoms with Gasteiger partial charge in [-0.1, -0.05) is 37.3 Å². The molecule has 1 aromatic heterocycles. The Morgan fingerprint density at radius 3 is 2.47 bits per heavy atom. The van der Waals surface area contributed by atoms with Crippen LogP contribution in [0.5, 0.6) is 11.5 Å². The molecule has 36 heavy (non-hydrogen) atoms.